The highest BCUT2D eigenvalue weighted by molar-refractivity contribution is 5.76. The SMILES string of the molecule is CC/C=C\C/C=C\C/C=C\C/C=C\CCCCC(=O)NC(COC1OC(CO)C(O)C(O)C1O)C(O)/C=C/CC/C=C/CC/C=C/CC. The average Bonchev–Trinajstić information content (AvgIpc) is 3.08. The highest BCUT2D eigenvalue weighted by Crippen LogP contribution is 2.22. The zero-order valence-electron chi connectivity index (χ0n) is 29.2. The van der Waals surface area contributed by atoms with Gasteiger partial charge in [0.15, 0.2) is 6.29 Å². The number of carbonyl (C=O) groups excluding carboxylic acids is 1. The third kappa shape index (κ3) is 20.7. The molecule has 9 nitrogen and oxygen atoms in total. The molecule has 6 N–H and O–H groups in total. The lowest BCUT2D eigenvalue weighted by atomic mass is 9.99. The standard InChI is InChI=1S/C39H63NO8/c1-3-5-7-9-11-13-15-16-17-18-19-21-23-25-27-29-35(43)40-32(31-47-39-38(46)37(45)36(44)34(30-41)48-39)33(42)28-26-24-22-20-14-12-10-8-6-4-2/h5-8,11,13-14,16-17,19-21,26,28,32-34,36-39,41-42,44-46H,3-4,9-10,12,15,18,22-25,27,29-31H2,1-2H3,(H,40,43)/b7-5-,8-6+,13-11-,17-16-,20-14+,21-19-,28-26+. The summed E-state index contributed by atoms with van der Waals surface area (Å²) >= 11 is 0. The molecule has 9 heteroatoms. The van der Waals surface area contributed by atoms with Crippen LogP contribution in [0.2, 0.25) is 0 Å². The fourth-order valence-corrected chi connectivity index (χ4v) is 4.83. The molecule has 0 aromatic carbocycles. The van der Waals surface area contributed by atoms with Crippen molar-refractivity contribution in [1.82, 2.24) is 5.32 Å². The summed E-state index contributed by atoms with van der Waals surface area (Å²) in [6.45, 7) is 3.43. The summed E-state index contributed by atoms with van der Waals surface area (Å²) < 4.78 is 11.1. The van der Waals surface area contributed by atoms with E-state index in [2.05, 4.69) is 92.1 Å². The fraction of sp³-hybridized carbons (Fsp3) is 0.615. The van der Waals surface area contributed by atoms with Crippen molar-refractivity contribution in [1.29, 1.82) is 0 Å². The molecule has 0 aliphatic carbocycles. The van der Waals surface area contributed by atoms with Crippen molar-refractivity contribution in [3.8, 4) is 0 Å². The van der Waals surface area contributed by atoms with Crippen molar-refractivity contribution in [2.75, 3.05) is 13.2 Å². The Morgan fingerprint density at radius 3 is 1.83 bits per heavy atom. The van der Waals surface area contributed by atoms with Gasteiger partial charge < -0.3 is 40.3 Å². The number of carbonyl (C=O) groups is 1. The van der Waals surface area contributed by atoms with Crippen LogP contribution in [0.1, 0.15) is 97.3 Å². The van der Waals surface area contributed by atoms with E-state index in [9.17, 15) is 30.3 Å². The van der Waals surface area contributed by atoms with Crippen LogP contribution in [0.25, 0.3) is 0 Å². The van der Waals surface area contributed by atoms with Crippen LogP contribution < -0.4 is 5.32 Å². The quantitative estimate of drug-likeness (QED) is 0.0510. The number of ether oxygens (including phenoxy) is 2. The Morgan fingerprint density at radius 1 is 0.708 bits per heavy atom. The number of hydrogen-bond acceptors (Lipinski definition) is 8. The van der Waals surface area contributed by atoms with Crippen molar-refractivity contribution in [3.63, 3.8) is 0 Å². The van der Waals surface area contributed by atoms with Gasteiger partial charge in [-0.15, -0.1) is 0 Å². The average molecular weight is 674 g/mol. The third-order valence-corrected chi connectivity index (χ3v) is 7.69. The van der Waals surface area contributed by atoms with Gasteiger partial charge in [0, 0.05) is 6.42 Å². The normalized spacial score (nSPS) is 23.7. The smallest absolute Gasteiger partial charge is 0.220 e. The van der Waals surface area contributed by atoms with Crippen LogP contribution in [-0.4, -0.2) is 87.5 Å². The number of unbranched alkanes of at least 4 members (excludes halogenated alkanes) is 4. The summed E-state index contributed by atoms with van der Waals surface area (Å²) in [5.74, 6) is -0.241. The van der Waals surface area contributed by atoms with Crippen molar-refractivity contribution in [2.24, 2.45) is 0 Å². The van der Waals surface area contributed by atoms with E-state index in [1.165, 1.54) is 0 Å². The van der Waals surface area contributed by atoms with Gasteiger partial charge in [0.2, 0.25) is 5.91 Å². The maximum absolute atomic E-state index is 12.8. The Balaban J connectivity index is 2.55. The predicted molar refractivity (Wildman–Crippen MR) is 193 cm³/mol. The van der Waals surface area contributed by atoms with E-state index in [4.69, 9.17) is 9.47 Å². The zero-order valence-corrected chi connectivity index (χ0v) is 29.2. The van der Waals surface area contributed by atoms with Gasteiger partial charge in [0.25, 0.3) is 0 Å². The van der Waals surface area contributed by atoms with Crippen LogP contribution in [0.4, 0.5) is 0 Å². The molecule has 1 heterocycles. The molecular weight excluding hydrogens is 610 g/mol. The van der Waals surface area contributed by atoms with Gasteiger partial charge in [0.1, 0.15) is 24.4 Å². The zero-order chi connectivity index (χ0) is 35.2. The highest BCUT2D eigenvalue weighted by atomic mass is 16.7. The highest BCUT2D eigenvalue weighted by Gasteiger charge is 2.44. The molecule has 7 unspecified atom stereocenters. The van der Waals surface area contributed by atoms with Gasteiger partial charge in [-0.05, 0) is 77.0 Å². The van der Waals surface area contributed by atoms with E-state index in [1.807, 2.05) is 6.08 Å². The van der Waals surface area contributed by atoms with Gasteiger partial charge in [-0.1, -0.05) is 98.9 Å². The Morgan fingerprint density at radius 2 is 1.23 bits per heavy atom. The first-order chi connectivity index (χ1) is 23.3. The number of rotatable bonds is 26. The first-order valence-electron chi connectivity index (χ1n) is 17.8. The summed E-state index contributed by atoms with van der Waals surface area (Å²) in [5, 5.41) is 53.7. The molecular formula is C39H63NO8. The molecule has 0 bridgehead atoms. The molecule has 48 heavy (non-hydrogen) atoms. The lowest BCUT2D eigenvalue weighted by molar-refractivity contribution is -0.302. The summed E-state index contributed by atoms with van der Waals surface area (Å²) in [7, 11) is 0. The minimum absolute atomic E-state index is 0.229. The Labute approximate surface area is 289 Å². The molecule has 0 saturated carbocycles. The fourth-order valence-electron chi connectivity index (χ4n) is 4.83. The summed E-state index contributed by atoms with van der Waals surface area (Å²) in [4.78, 5) is 12.8. The second-order valence-electron chi connectivity index (χ2n) is 11.9. The van der Waals surface area contributed by atoms with Crippen LogP contribution in [0.3, 0.4) is 0 Å². The minimum Gasteiger partial charge on any atom is -0.394 e. The lowest BCUT2D eigenvalue weighted by Crippen LogP contribution is -2.60. The van der Waals surface area contributed by atoms with Gasteiger partial charge in [-0.2, -0.15) is 0 Å². The van der Waals surface area contributed by atoms with Crippen molar-refractivity contribution < 1.29 is 39.8 Å². The van der Waals surface area contributed by atoms with Crippen LogP contribution in [0.5, 0.6) is 0 Å². The van der Waals surface area contributed by atoms with Crippen LogP contribution >= 0.6 is 0 Å². The largest absolute Gasteiger partial charge is 0.394 e. The molecule has 7 atom stereocenters. The summed E-state index contributed by atoms with van der Waals surface area (Å²) in [6, 6.07) is -0.851. The molecule has 1 amide bonds. The summed E-state index contributed by atoms with van der Waals surface area (Å²) in [6.07, 6.45) is 32.1. The first kappa shape index (κ1) is 43.4. The second kappa shape index (κ2) is 29.3. The van der Waals surface area contributed by atoms with Gasteiger partial charge in [-0.25, -0.2) is 0 Å². The monoisotopic (exact) mass is 673 g/mol. The number of hydrogen-bond donors (Lipinski definition) is 6. The topological polar surface area (TPSA) is 149 Å². The first-order valence-corrected chi connectivity index (χ1v) is 17.8. The molecule has 272 valence electrons. The number of aliphatic hydroxyl groups excluding tert-OH is 5. The summed E-state index contributed by atoms with van der Waals surface area (Å²) in [5.41, 5.74) is 0. The number of aliphatic hydroxyl groups is 5. The van der Waals surface area contributed by atoms with Crippen LogP contribution in [-0.2, 0) is 14.3 Å². The Bertz CT molecular complexity index is 1020. The van der Waals surface area contributed by atoms with E-state index < -0.39 is 49.5 Å². The lowest BCUT2D eigenvalue weighted by Gasteiger charge is -2.40. The van der Waals surface area contributed by atoms with Gasteiger partial charge >= 0.3 is 0 Å². The van der Waals surface area contributed by atoms with Gasteiger partial charge in [-0.3, -0.25) is 4.79 Å². The molecule has 1 fully saturated rings. The number of nitrogens with one attached hydrogen (secondary N) is 1. The van der Waals surface area contributed by atoms with Crippen molar-refractivity contribution in [2.45, 2.75) is 140 Å². The second-order valence-corrected chi connectivity index (χ2v) is 11.9. The van der Waals surface area contributed by atoms with Crippen molar-refractivity contribution in [3.05, 3.63) is 85.1 Å². The van der Waals surface area contributed by atoms with E-state index in [-0.39, 0.29) is 18.9 Å². The molecule has 0 aromatic heterocycles. The molecule has 1 saturated heterocycles. The van der Waals surface area contributed by atoms with E-state index in [0.717, 1.165) is 64.2 Å². The number of amides is 1. The Hall–Kier alpha value is -2.63. The molecule has 1 aliphatic heterocycles. The predicted octanol–water partition coefficient (Wildman–Crippen LogP) is 5.65. The molecule has 0 spiro atoms. The van der Waals surface area contributed by atoms with E-state index in [1.54, 1.807) is 6.08 Å². The van der Waals surface area contributed by atoms with Gasteiger partial charge in [0.05, 0.1) is 25.4 Å². The maximum atomic E-state index is 12.8. The molecule has 1 aliphatic rings. The van der Waals surface area contributed by atoms with Crippen LogP contribution in [0.15, 0.2) is 85.1 Å². The Kier molecular flexibility index (Phi) is 26.5. The molecule has 1 rings (SSSR count). The molecule has 0 radical (unpaired) electrons. The van der Waals surface area contributed by atoms with Crippen molar-refractivity contribution >= 4 is 5.91 Å². The maximum Gasteiger partial charge on any atom is 0.220 e. The minimum atomic E-state index is -1.58. The number of allylic oxidation sites excluding steroid dienone is 13. The van der Waals surface area contributed by atoms with Crippen LogP contribution in [0, 0.1) is 0 Å². The molecule has 0 aromatic rings. The third-order valence-electron chi connectivity index (χ3n) is 7.69. The van der Waals surface area contributed by atoms with E-state index in [0.29, 0.717) is 12.8 Å². The van der Waals surface area contributed by atoms with E-state index >= 15 is 0 Å².